The smallest absolute Gasteiger partial charge is 0.409 e. The second-order valence-corrected chi connectivity index (χ2v) is 5.84. The van der Waals surface area contributed by atoms with Crippen LogP contribution in [-0.4, -0.2) is 29.6 Å². The minimum absolute atomic E-state index is 0.168. The van der Waals surface area contributed by atoms with Gasteiger partial charge in [0.25, 0.3) is 0 Å². The molecule has 1 saturated heterocycles. The Labute approximate surface area is 117 Å². The number of rotatable bonds is 0. The quantitative estimate of drug-likeness (QED) is 0.798. The predicted molar refractivity (Wildman–Crippen MR) is 76.6 cm³/mol. The molecule has 1 aliphatic heterocycles. The molecule has 2 bridgehead atoms. The Hall–Kier alpha value is -1.97. The third-order valence-corrected chi connectivity index (χ3v) is 4.77. The Bertz CT molecular complexity index is 676. The number of piperidine rings is 1. The standard InChI is InChI=1S/C16H18N2O2/c1-20-16(19)18-7-6-10-8-13-15(14(18)9-10)11-4-2-3-5-12(11)17-13/h2-5,10,14,17H,6-9H2,1H3/t10-,14-/m1/s1. The maximum Gasteiger partial charge on any atom is 0.409 e. The molecule has 2 heterocycles. The number of para-hydroxylation sites is 1. The van der Waals surface area contributed by atoms with Crippen molar-refractivity contribution in [2.24, 2.45) is 5.92 Å². The second kappa shape index (κ2) is 4.27. The highest BCUT2D eigenvalue weighted by molar-refractivity contribution is 5.86. The van der Waals surface area contributed by atoms with Crippen LogP contribution in [0.1, 0.15) is 30.1 Å². The fourth-order valence-corrected chi connectivity index (χ4v) is 3.88. The molecule has 0 unspecified atom stereocenters. The number of nitrogens with zero attached hydrogens (tertiary/aromatic N) is 1. The summed E-state index contributed by atoms with van der Waals surface area (Å²) < 4.78 is 4.96. The molecule has 4 nitrogen and oxygen atoms in total. The summed E-state index contributed by atoms with van der Waals surface area (Å²) >= 11 is 0. The number of benzene rings is 1. The van der Waals surface area contributed by atoms with E-state index in [0.717, 1.165) is 25.8 Å². The second-order valence-electron chi connectivity index (χ2n) is 5.84. The normalized spacial score (nSPS) is 24.6. The first-order valence-corrected chi connectivity index (χ1v) is 7.22. The third-order valence-electron chi connectivity index (χ3n) is 4.77. The maximum atomic E-state index is 12.0. The van der Waals surface area contributed by atoms with Gasteiger partial charge in [-0.1, -0.05) is 18.2 Å². The van der Waals surface area contributed by atoms with E-state index in [1.54, 1.807) is 0 Å². The van der Waals surface area contributed by atoms with Crippen LogP contribution in [0.5, 0.6) is 0 Å². The summed E-state index contributed by atoms with van der Waals surface area (Å²) in [6, 6.07) is 8.54. The fraction of sp³-hybridized carbons (Fsp3) is 0.438. The van der Waals surface area contributed by atoms with Gasteiger partial charge in [-0.15, -0.1) is 0 Å². The van der Waals surface area contributed by atoms with E-state index in [0.29, 0.717) is 5.92 Å². The van der Waals surface area contributed by atoms with Crippen LogP contribution in [0, 0.1) is 5.92 Å². The first kappa shape index (κ1) is 11.8. The van der Waals surface area contributed by atoms with Gasteiger partial charge in [-0.25, -0.2) is 4.79 Å². The van der Waals surface area contributed by atoms with Crippen LogP contribution in [0.4, 0.5) is 4.79 Å². The van der Waals surface area contributed by atoms with Crippen molar-refractivity contribution in [1.82, 2.24) is 9.88 Å². The molecule has 0 radical (unpaired) electrons. The molecule has 4 rings (SSSR count). The molecule has 0 spiro atoms. The average molecular weight is 270 g/mol. The number of aromatic nitrogens is 1. The van der Waals surface area contributed by atoms with E-state index in [9.17, 15) is 4.79 Å². The lowest BCUT2D eigenvalue weighted by atomic mass is 9.78. The van der Waals surface area contributed by atoms with Crippen molar-refractivity contribution in [3.8, 4) is 0 Å². The molecule has 2 aromatic rings. The van der Waals surface area contributed by atoms with Gasteiger partial charge in [0.2, 0.25) is 0 Å². The zero-order chi connectivity index (χ0) is 13.7. The lowest BCUT2D eigenvalue weighted by molar-refractivity contribution is 0.0702. The molecule has 1 amide bonds. The van der Waals surface area contributed by atoms with Gasteiger partial charge in [-0.05, 0) is 31.2 Å². The van der Waals surface area contributed by atoms with E-state index in [-0.39, 0.29) is 12.1 Å². The van der Waals surface area contributed by atoms with Crippen LogP contribution in [0.2, 0.25) is 0 Å². The molecule has 4 heteroatoms. The molecule has 1 aliphatic carbocycles. The fourth-order valence-electron chi connectivity index (χ4n) is 3.88. The van der Waals surface area contributed by atoms with Gasteiger partial charge in [0.1, 0.15) is 0 Å². The van der Waals surface area contributed by atoms with Crippen molar-refractivity contribution in [3.63, 3.8) is 0 Å². The number of amides is 1. The van der Waals surface area contributed by atoms with Crippen LogP contribution in [-0.2, 0) is 11.2 Å². The number of fused-ring (bicyclic) bond motifs is 6. The SMILES string of the molecule is COC(=O)N1CC[C@@H]2Cc3[nH]c4ccccc4c3[C@H]1C2. The molecule has 1 fully saturated rings. The van der Waals surface area contributed by atoms with Crippen LogP contribution in [0.15, 0.2) is 24.3 Å². The van der Waals surface area contributed by atoms with E-state index < -0.39 is 0 Å². The molecule has 1 aromatic carbocycles. The van der Waals surface area contributed by atoms with Crippen LogP contribution < -0.4 is 0 Å². The Kier molecular flexibility index (Phi) is 2.52. The lowest BCUT2D eigenvalue weighted by Crippen LogP contribution is -2.43. The van der Waals surface area contributed by atoms with E-state index in [1.165, 1.54) is 29.3 Å². The van der Waals surface area contributed by atoms with Crippen LogP contribution >= 0.6 is 0 Å². The summed E-state index contributed by atoms with van der Waals surface area (Å²) in [5.74, 6) is 0.682. The number of likely N-dealkylation sites (tertiary alicyclic amines) is 1. The van der Waals surface area contributed by atoms with E-state index in [2.05, 4.69) is 29.2 Å². The highest BCUT2D eigenvalue weighted by atomic mass is 16.5. The summed E-state index contributed by atoms with van der Waals surface area (Å²) in [7, 11) is 1.47. The number of aromatic amines is 1. The van der Waals surface area contributed by atoms with E-state index in [1.807, 2.05) is 4.90 Å². The number of ether oxygens (including phenoxy) is 1. The van der Waals surface area contributed by atoms with E-state index in [4.69, 9.17) is 4.74 Å². The Balaban J connectivity index is 1.88. The van der Waals surface area contributed by atoms with Crippen molar-refractivity contribution in [1.29, 1.82) is 0 Å². The maximum absolute atomic E-state index is 12.0. The molecule has 2 atom stereocenters. The van der Waals surface area contributed by atoms with Gasteiger partial charge in [0.05, 0.1) is 13.2 Å². The molecule has 0 saturated carbocycles. The Morgan fingerprint density at radius 2 is 2.25 bits per heavy atom. The Morgan fingerprint density at radius 1 is 1.40 bits per heavy atom. The van der Waals surface area contributed by atoms with Gasteiger partial charge in [0, 0.05) is 28.7 Å². The minimum Gasteiger partial charge on any atom is -0.453 e. The number of hydrogen-bond donors (Lipinski definition) is 1. The van der Waals surface area contributed by atoms with Crippen LogP contribution in [0.25, 0.3) is 10.9 Å². The highest BCUT2D eigenvalue weighted by Gasteiger charge is 2.39. The number of nitrogens with one attached hydrogen (secondary N) is 1. The Morgan fingerprint density at radius 3 is 3.10 bits per heavy atom. The number of H-pyrrole nitrogens is 1. The number of methoxy groups -OCH3 is 1. The van der Waals surface area contributed by atoms with Crippen molar-refractivity contribution >= 4 is 17.0 Å². The molecule has 1 aromatic heterocycles. The van der Waals surface area contributed by atoms with Crippen molar-refractivity contribution in [2.75, 3.05) is 13.7 Å². The molecular formula is C16H18N2O2. The van der Waals surface area contributed by atoms with Crippen molar-refractivity contribution < 1.29 is 9.53 Å². The monoisotopic (exact) mass is 270 g/mol. The predicted octanol–water partition coefficient (Wildman–Crippen LogP) is 3.24. The topological polar surface area (TPSA) is 45.3 Å². The third kappa shape index (κ3) is 1.57. The zero-order valence-corrected chi connectivity index (χ0v) is 11.6. The van der Waals surface area contributed by atoms with Crippen LogP contribution in [0.3, 0.4) is 0 Å². The van der Waals surface area contributed by atoms with Gasteiger partial charge >= 0.3 is 6.09 Å². The highest BCUT2D eigenvalue weighted by Crippen LogP contribution is 2.45. The molecule has 20 heavy (non-hydrogen) atoms. The van der Waals surface area contributed by atoms with Gasteiger partial charge in [-0.2, -0.15) is 0 Å². The molecule has 2 aliphatic rings. The molecule has 104 valence electrons. The summed E-state index contributed by atoms with van der Waals surface area (Å²) in [5.41, 5.74) is 3.79. The largest absolute Gasteiger partial charge is 0.453 e. The summed E-state index contributed by atoms with van der Waals surface area (Å²) in [5, 5.41) is 1.25. The number of carbonyl (C=O) groups is 1. The first-order valence-electron chi connectivity index (χ1n) is 7.22. The lowest BCUT2D eigenvalue weighted by Gasteiger charge is -2.42. The van der Waals surface area contributed by atoms with Crippen molar-refractivity contribution in [3.05, 3.63) is 35.5 Å². The summed E-state index contributed by atoms with van der Waals surface area (Å²) in [6.45, 7) is 0.807. The van der Waals surface area contributed by atoms with E-state index >= 15 is 0 Å². The summed E-state index contributed by atoms with van der Waals surface area (Å²) in [6.07, 6.45) is 3.03. The zero-order valence-electron chi connectivity index (χ0n) is 11.6. The number of carbonyl (C=O) groups excluding carboxylic acids is 1. The molecule has 1 N–H and O–H groups in total. The van der Waals surface area contributed by atoms with Gasteiger partial charge < -0.3 is 14.6 Å². The summed E-state index contributed by atoms with van der Waals surface area (Å²) in [4.78, 5) is 17.5. The van der Waals surface area contributed by atoms with Gasteiger partial charge in [-0.3, -0.25) is 0 Å². The average Bonchev–Trinajstić information content (AvgIpc) is 2.85. The molecular weight excluding hydrogens is 252 g/mol. The van der Waals surface area contributed by atoms with Crippen molar-refractivity contribution in [2.45, 2.75) is 25.3 Å². The first-order chi connectivity index (χ1) is 9.78. The number of hydrogen-bond acceptors (Lipinski definition) is 2. The minimum atomic E-state index is -0.202. The van der Waals surface area contributed by atoms with Gasteiger partial charge in [0.15, 0.2) is 0 Å².